The van der Waals surface area contributed by atoms with Crippen LogP contribution in [0, 0.1) is 0 Å². The summed E-state index contributed by atoms with van der Waals surface area (Å²) in [5, 5.41) is 0. The number of hydrogen-bond donors (Lipinski definition) is 2. The lowest BCUT2D eigenvalue weighted by molar-refractivity contribution is -0.528. The first kappa shape index (κ1) is 13.0. The predicted molar refractivity (Wildman–Crippen MR) is 69.0 cm³/mol. The van der Waals surface area contributed by atoms with Crippen LogP contribution in [0.3, 0.4) is 0 Å². The number of rotatable bonds is 3. The van der Waals surface area contributed by atoms with E-state index in [4.69, 9.17) is 11.5 Å². The maximum atomic E-state index is 12.1. The van der Waals surface area contributed by atoms with Gasteiger partial charge in [-0.25, -0.2) is 14.4 Å². The largest absolute Gasteiger partial charge is 0.370 e. The van der Waals surface area contributed by atoms with E-state index in [0.29, 0.717) is 18.9 Å². The average molecular weight is 266 g/mol. The van der Waals surface area contributed by atoms with E-state index in [1.165, 1.54) is 18.3 Å². The van der Waals surface area contributed by atoms with Crippen LogP contribution in [0.4, 0.5) is 4.79 Å². The molecule has 3 amide bonds. The Morgan fingerprint density at radius 2 is 2.11 bits per heavy atom. The van der Waals surface area contributed by atoms with E-state index in [2.05, 4.69) is 9.98 Å². The number of fused-ring (bicyclic) bond motifs is 1. The van der Waals surface area contributed by atoms with Gasteiger partial charge in [0.15, 0.2) is 5.96 Å². The zero-order chi connectivity index (χ0) is 14.2. The van der Waals surface area contributed by atoms with Crippen molar-refractivity contribution in [3.8, 4) is 0 Å². The van der Waals surface area contributed by atoms with E-state index in [1.807, 2.05) is 0 Å². The van der Waals surface area contributed by atoms with Gasteiger partial charge in [-0.1, -0.05) is 0 Å². The third-order valence-electron chi connectivity index (χ3n) is 3.05. The molecule has 9 nitrogen and oxygen atoms in total. The summed E-state index contributed by atoms with van der Waals surface area (Å²) in [5.74, 6) is 0.123. The summed E-state index contributed by atoms with van der Waals surface area (Å²) in [4.78, 5) is 34.3. The topological polar surface area (TPSA) is 120 Å². The lowest BCUT2D eigenvalue weighted by Gasteiger charge is -2.30. The number of likely N-dealkylation sites (N-methyl/N-ethyl adjacent to an activating group) is 2. The second kappa shape index (κ2) is 4.67. The Balaban J connectivity index is 2.15. The molecule has 0 aliphatic carbocycles. The number of imide groups is 1. The highest BCUT2D eigenvalue weighted by molar-refractivity contribution is 6.21. The second-order valence-corrected chi connectivity index (χ2v) is 4.29. The monoisotopic (exact) mass is 266 g/mol. The highest BCUT2D eigenvalue weighted by Gasteiger charge is 2.50. The summed E-state index contributed by atoms with van der Waals surface area (Å²) in [6.45, 7) is 0.796. The number of hydrogen-bond acceptors (Lipinski definition) is 4. The van der Waals surface area contributed by atoms with Gasteiger partial charge in [0.1, 0.15) is 6.54 Å². The van der Waals surface area contributed by atoms with E-state index < -0.39 is 6.04 Å². The molecule has 0 spiro atoms. The van der Waals surface area contributed by atoms with Gasteiger partial charge in [-0.15, -0.1) is 0 Å². The zero-order valence-electron chi connectivity index (χ0n) is 10.8. The Morgan fingerprint density at radius 1 is 1.42 bits per heavy atom. The van der Waals surface area contributed by atoms with Crippen molar-refractivity contribution in [1.82, 2.24) is 9.80 Å². The Hall–Kier alpha value is -2.45. The van der Waals surface area contributed by atoms with Gasteiger partial charge < -0.3 is 11.5 Å². The fourth-order valence-corrected chi connectivity index (χ4v) is 2.02. The number of urea groups is 1. The van der Waals surface area contributed by atoms with E-state index in [0.717, 1.165) is 4.90 Å². The predicted octanol–water partition coefficient (Wildman–Crippen LogP) is -2.39. The van der Waals surface area contributed by atoms with Crippen LogP contribution in [-0.4, -0.2) is 77.7 Å². The van der Waals surface area contributed by atoms with Crippen LogP contribution in [0.15, 0.2) is 9.98 Å². The number of amidine groups is 1. The smallest absolute Gasteiger partial charge is 0.333 e. The van der Waals surface area contributed by atoms with Gasteiger partial charge in [0.05, 0.1) is 6.54 Å². The van der Waals surface area contributed by atoms with Crippen molar-refractivity contribution in [2.75, 3.05) is 27.2 Å². The van der Waals surface area contributed by atoms with Crippen LogP contribution in [0.2, 0.25) is 0 Å². The van der Waals surface area contributed by atoms with Crippen molar-refractivity contribution < 1.29 is 14.2 Å². The van der Waals surface area contributed by atoms with Crippen molar-refractivity contribution in [1.29, 1.82) is 0 Å². The minimum absolute atomic E-state index is 0.000256. The van der Waals surface area contributed by atoms with Gasteiger partial charge in [0.25, 0.3) is 24.1 Å². The highest BCUT2D eigenvalue weighted by atomic mass is 16.2. The van der Waals surface area contributed by atoms with Crippen molar-refractivity contribution >= 4 is 30.1 Å². The molecule has 1 unspecified atom stereocenters. The number of amides is 3. The molecule has 1 fully saturated rings. The molecule has 19 heavy (non-hydrogen) atoms. The van der Waals surface area contributed by atoms with E-state index >= 15 is 0 Å². The van der Waals surface area contributed by atoms with Crippen molar-refractivity contribution in [2.45, 2.75) is 6.04 Å². The molecule has 0 bridgehead atoms. The first-order chi connectivity index (χ1) is 8.93. The highest BCUT2D eigenvalue weighted by Crippen LogP contribution is 2.16. The van der Waals surface area contributed by atoms with Gasteiger partial charge in [-0.05, 0) is 4.99 Å². The minimum Gasteiger partial charge on any atom is -0.370 e. The van der Waals surface area contributed by atoms with E-state index in [9.17, 15) is 9.59 Å². The van der Waals surface area contributed by atoms with Crippen LogP contribution < -0.4 is 11.5 Å². The number of nitrogens with zero attached hydrogens (tertiary/aromatic N) is 5. The van der Waals surface area contributed by atoms with Gasteiger partial charge in [-0.2, -0.15) is 0 Å². The Morgan fingerprint density at radius 3 is 2.74 bits per heavy atom. The van der Waals surface area contributed by atoms with Crippen molar-refractivity contribution in [3.05, 3.63) is 0 Å². The molecular weight excluding hydrogens is 250 g/mol. The zero-order valence-corrected chi connectivity index (χ0v) is 10.8. The third kappa shape index (κ3) is 2.14. The second-order valence-electron chi connectivity index (χ2n) is 4.29. The van der Waals surface area contributed by atoms with Gasteiger partial charge in [0, 0.05) is 14.1 Å². The average Bonchev–Trinajstić information content (AvgIpc) is 2.77. The van der Waals surface area contributed by atoms with Crippen LogP contribution in [0.1, 0.15) is 0 Å². The molecular formula is C10H16N7O2+. The number of nitrogens with two attached hydrogens (primary N) is 2. The molecule has 1 atom stereocenters. The number of aliphatic imine (C=N–C) groups is 2. The maximum absolute atomic E-state index is 12.1. The van der Waals surface area contributed by atoms with Gasteiger partial charge in [-0.3, -0.25) is 14.6 Å². The summed E-state index contributed by atoms with van der Waals surface area (Å²) in [7, 11) is 3.04. The fraction of sp³-hybridized carbons (Fsp3) is 0.500. The molecule has 102 valence electrons. The van der Waals surface area contributed by atoms with Gasteiger partial charge >= 0.3 is 6.03 Å². The molecule has 4 N–H and O–H groups in total. The number of carbonyl (C=O) groups is 2. The van der Waals surface area contributed by atoms with E-state index in [1.54, 1.807) is 11.6 Å². The first-order valence-electron chi connectivity index (χ1n) is 5.71. The van der Waals surface area contributed by atoms with E-state index in [-0.39, 0.29) is 17.9 Å². The molecule has 2 rings (SSSR count). The molecule has 0 aromatic heterocycles. The Labute approximate surface area is 109 Å². The van der Waals surface area contributed by atoms with Crippen LogP contribution >= 0.6 is 0 Å². The molecule has 0 radical (unpaired) electrons. The quantitative estimate of drug-likeness (QED) is 0.336. The lowest BCUT2D eigenvalue weighted by Crippen LogP contribution is -2.61. The SMILES string of the molecule is CN1C(=O)C2C(=NC=[N+]2CCN=C(N)N)N(C)C1=O. The maximum Gasteiger partial charge on any atom is 0.333 e. The van der Waals surface area contributed by atoms with Crippen molar-refractivity contribution in [3.63, 3.8) is 0 Å². The fourth-order valence-electron chi connectivity index (χ4n) is 2.02. The van der Waals surface area contributed by atoms with Gasteiger partial charge in [0.2, 0.25) is 0 Å². The normalized spacial score (nSPS) is 22.1. The molecule has 9 heteroatoms. The van der Waals surface area contributed by atoms with Crippen LogP contribution in [-0.2, 0) is 4.79 Å². The van der Waals surface area contributed by atoms with Crippen LogP contribution in [0.25, 0.3) is 0 Å². The molecule has 0 saturated carbocycles. The van der Waals surface area contributed by atoms with Crippen molar-refractivity contribution in [2.24, 2.45) is 21.5 Å². The Bertz CT molecular complexity index is 518. The number of guanidine groups is 1. The Kier molecular flexibility index (Phi) is 3.19. The third-order valence-corrected chi connectivity index (χ3v) is 3.05. The molecule has 0 aromatic rings. The summed E-state index contributed by atoms with van der Waals surface area (Å²) >= 11 is 0. The summed E-state index contributed by atoms with van der Waals surface area (Å²) < 4.78 is 1.71. The minimum atomic E-state index is -0.582. The molecule has 2 aliphatic rings. The summed E-state index contributed by atoms with van der Waals surface area (Å²) in [5.41, 5.74) is 10.5. The standard InChI is InChI=1S/C10H16N7O2/c1-15-7-6(8(18)16(2)10(15)19)17(5-14-7)4-3-13-9(11)12/h5-6H,3-4H2,1-2H3,(H4,11,12,13)/q+1. The molecule has 0 aromatic carbocycles. The lowest BCUT2D eigenvalue weighted by atomic mass is 10.1. The number of carbonyl (C=O) groups excluding carboxylic acids is 2. The first-order valence-corrected chi connectivity index (χ1v) is 5.71. The summed E-state index contributed by atoms with van der Waals surface area (Å²) in [6.07, 6.45) is 1.53. The van der Waals surface area contributed by atoms with Crippen LogP contribution in [0.5, 0.6) is 0 Å². The molecule has 2 heterocycles. The molecule has 2 aliphatic heterocycles. The summed E-state index contributed by atoms with van der Waals surface area (Å²) in [6, 6.07) is -0.971. The molecule has 1 saturated heterocycles.